The molecule has 3 rings (SSSR count). The molecule has 2 amide bonds. The molecule has 0 aromatic carbocycles. The maximum atomic E-state index is 12.4. The van der Waals surface area contributed by atoms with Crippen LogP contribution in [0.25, 0.3) is 0 Å². The first-order chi connectivity index (χ1) is 8.16. The van der Waals surface area contributed by atoms with Crippen molar-refractivity contribution in [3.8, 4) is 0 Å². The maximum Gasteiger partial charge on any atom is 0.264 e. The van der Waals surface area contributed by atoms with Crippen molar-refractivity contribution >= 4 is 23.2 Å². The van der Waals surface area contributed by atoms with E-state index in [0.717, 1.165) is 23.4 Å². The number of thiophene rings is 1. The van der Waals surface area contributed by atoms with E-state index in [0.29, 0.717) is 6.42 Å². The van der Waals surface area contributed by atoms with Gasteiger partial charge in [-0.2, -0.15) is 0 Å². The number of likely N-dealkylation sites (tertiary alicyclic amines) is 1. The second-order valence-electron chi connectivity index (χ2n) is 4.67. The highest BCUT2D eigenvalue weighted by molar-refractivity contribution is 7.12. The summed E-state index contributed by atoms with van der Waals surface area (Å²) in [5.74, 6) is 0.155. The minimum atomic E-state index is 0.0662. The van der Waals surface area contributed by atoms with Gasteiger partial charge in [0.05, 0.1) is 17.0 Å². The second-order valence-corrected chi connectivity index (χ2v) is 5.58. The topological polar surface area (TPSA) is 49.4 Å². The fourth-order valence-corrected chi connectivity index (χ4v) is 3.58. The van der Waals surface area contributed by atoms with E-state index in [1.807, 2.05) is 23.3 Å². The lowest BCUT2D eigenvalue weighted by Gasteiger charge is -2.22. The van der Waals surface area contributed by atoms with Gasteiger partial charge in [0.25, 0.3) is 5.91 Å². The molecular formula is C12H14N2O2S. The van der Waals surface area contributed by atoms with Crippen molar-refractivity contribution in [2.45, 2.75) is 31.8 Å². The van der Waals surface area contributed by atoms with Crippen LogP contribution in [0.2, 0.25) is 0 Å². The van der Waals surface area contributed by atoms with Crippen LogP contribution in [0.3, 0.4) is 0 Å². The van der Waals surface area contributed by atoms with E-state index >= 15 is 0 Å². The lowest BCUT2D eigenvalue weighted by Crippen LogP contribution is -2.38. The molecule has 0 bridgehead atoms. The van der Waals surface area contributed by atoms with Crippen LogP contribution in [0.5, 0.6) is 0 Å². The highest BCUT2D eigenvalue weighted by atomic mass is 32.1. The van der Waals surface area contributed by atoms with Crippen LogP contribution in [0.1, 0.15) is 28.1 Å². The summed E-state index contributed by atoms with van der Waals surface area (Å²) in [7, 11) is 0. The first-order valence-corrected chi connectivity index (χ1v) is 6.69. The van der Waals surface area contributed by atoms with Crippen molar-refractivity contribution in [1.82, 2.24) is 10.2 Å². The van der Waals surface area contributed by atoms with Crippen LogP contribution < -0.4 is 5.32 Å². The van der Waals surface area contributed by atoms with Gasteiger partial charge in [0.1, 0.15) is 0 Å². The van der Waals surface area contributed by atoms with Gasteiger partial charge in [-0.05, 0) is 30.4 Å². The van der Waals surface area contributed by atoms with Gasteiger partial charge in [0.2, 0.25) is 5.91 Å². The van der Waals surface area contributed by atoms with Crippen LogP contribution >= 0.6 is 11.3 Å². The van der Waals surface area contributed by atoms with Gasteiger partial charge in [-0.25, -0.2) is 0 Å². The van der Waals surface area contributed by atoms with E-state index in [1.165, 1.54) is 11.3 Å². The van der Waals surface area contributed by atoms with Gasteiger partial charge in [-0.3, -0.25) is 9.59 Å². The van der Waals surface area contributed by atoms with Crippen LogP contribution in [-0.4, -0.2) is 35.3 Å². The Morgan fingerprint density at radius 3 is 3.12 bits per heavy atom. The highest BCUT2D eigenvalue weighted by Gasteiger charge is 2.43. The molecule has 1 aromatic heterocycles. The number of carbonyl (C=O) groups excluding carboxylic acids is 2. The number of amides is 2. The lowest BCUT2D eigenvalue weighted by molar-refractivity contribution is -0.119. The number of carbonyl (C=O) groups is 2. The van der Waals surface area contributed by atoms with Crippen LogP contribution in [0.15, 0.2) is 11.4 Å². The first kappa shape index (κ1) is 10.8. The smallest absolute Gasteiger partial charge is 0.264 e. The average Bonchev–Trinajstić information content (AvgIpc) is 2.92. The Bertz CT molecular complexity index is 483. The molecule has 90 valence electrons. The van der Waals surface area contributed by atoms with Gasteiger partial charge in [-0.1, -0.05) is 0 Å². The number of hydrogen-bond acceptors (Lipinski definition) is 3. The summed E-state index contributed by atoms with van der Waals surface area (Å²) in [4.78, 5) is 26.4. The number of nitrogens with zero attached hydrogens (tertiary/aromatic N) is 1. The predicted molar refractivity (Wildman–Crippen MR) is 65.0 cm³/mol. The number of rotatable bonds is 1. The largest absolute Gasteiger partial charge is 0.351 e. The third-order valence-electron chi connectivity index (χ3n) is 3.60. The van der Waals surface area contributed by atoms with E-state index in [-0.39, 0.29) is 23.9 Å². The normalized spacial score (nSPS) is 27.1. The number of hydrogen-bond donors (Lipinski definition) is 1. The summed E-state index contributed by atoms with van der Waals surface area (Å²) in [6, 6.07) is 2.20. The van der Waals surface area contributed by atoms with Gasteiger partial charge < -0.3 is 10.2 Å². The Morgan fingerprint density at radius 2 is 2.41 bits per heavy atom. The number of nitrogens with one attached hydrogen (secondary N) is 1. The summed E-state index contributed by atoms with van der Waals surface area (Å²) in [6.07, 6.45) is 1.34. The molecule has 0 spiro atoms. The molecular weight excluding hydrogens is 236 g/mol. The molecule has 1 N–H and O–H groups in total. The molecule has 0 aliphatic carbocycles. The van der Waals surface area contributed by atoms with Gasteiger partial charge in [0, 0.05) is 13.0 Å². The molecule has 0 saturated carbocycles. The van der Waals surface area contributed by atoms with Crippen molar-refractivity contribution < 1.29 is 9.59 Å². The fourth-order valence-electron chi connectivity index (χ4n) is 2.70. The van der Waals surface area contributed by atoms with E-state index in [2.05, 4.69) is 5.32 Å². The molecule has 2 atom stereocenters. The summed E-state index contributed by atoms with van der Waals surface area (Å²) in [5, 5.41) is 4.87. The molecule has 3 heterocycles. The third-order valence-corrected chi connectivity index (χ3v) is 4.61. The zero-order chi connectivity index (χ0) is 12.0. The van der Waals surface area contributed by atoms with Crippen molar-refractivity contribution in [3.05, 3.63) is 21.9 Å². The molecule has 2 saturated heterocycles. The summed E-state index contributed by atoms with van der Waals surface area (Å²) in [6.45, 7) is 2.71. The van der Waals surface area contributed by atoms with E-state index in [9.17, 15) is 9.59 Å². The molecule has 2 fully saturated rings. The number of fused-ring (bicyclic) bond motifs is 1. The monoisotopic (exact) mass is 250 g/mol. The molecule has 2 aliphatic rings. The lowest BCUT2D eigenvalue weighted by atomic mass is 10.1. The molecule has 5 heteroatoms. The highest BCUT2D eigenvalue weighted by Crippen LogP contribution is 2.29. The van der Waals surface area contributed by atoms with Crippen molar-refractivity contribution in [2.75, 3.05) is 6.54 Å². The summed E-state index contributed by atoms with van der Waals surface area (Å²) >= 11 is 1.48. The Hall–Kier alpha value is -1.36. The van der Waals surface area contributed by atoms with E-state index in [4.69, 9.17) is 0 Å². The molecule has 0 unspecified atom stereocenters. The van der Waals surface area contributed by atoms with Crippen LogP contribution in [0.4, 0.5) is 0 Å². The molecule has 17 heavy (non-hydrogen) atoms. The Morgan fingerprint density at radius 1 is 1.59 bits per heavy atom. The van der Waals surface area contributed by atoms with Crippen LogP contribution in [0, 0.1) is 6.92 Å². The predicted octanol–water partition coefficient (Wildman–Crippen LogP) is 1.16. The standard InChI is InChI=1S/C12H14N2O2S/c1-7-3-5-17-11(7)12(16)14-4-2-8-9(14)6-10(15)13-8/h3,5,8-9H,2,4,6H2,1H3,(H,13,15)/t8-,9-/m0/s1. The quantitative estimate of drug-likeness (QED) is 0.813. The van der Waals surface area contributed by atoms with Crippen molar-refractivity contribution in [2.24, 2.45) is 0 Å². The molecule has 1 aromatic rings. The fraction of sp³-hybridized carbons (Fsp3) is 0.500. The summed E-state index contributed by atoms with van der Waals surface area (Å²) in [5.41, 5.74) is 1.03. The van der Waals surface area contributed by atoms with Crippen molar-refractivity contribution in [1.29, 1.82) is 0 Å². The van der Waals surface area contributed by atoms with E-state index in [1.54, 1.807) is 0 Å². The zero-order valence-electron chi connectivity index (χ0n) is 9.60. The average molecular weight is 250 g/mol. The Kier molecular flexibility index (Phi) is 2.43. The minimum Gasteiger partial charge on any atom is -0.351 e. The summed E-state index contributed by atoms with van der Waals surface area (Å²) < 4.78 is 0. The first-order valence-electron chi connectivity index (χ1n) is 5.81. The van der Waals surface area contributed by atoms with Gasteiger partial charge in [-0.15, -0.1) is 11.3 Å². The molecule has 2 aliphatic heterocycles. The third kappa shape index (κ3) is 1.65. The Balaban J connectivity index is 1.84. The van der Waals surface area contributed by atoms with Gasteiger partial charge >= 0.3 is 0 Å². The SMILES string of the molecule is Cc1ccsc1C(=O)N1CC[C@@H]2NC(=O)C[C@@H]21. The molecule has 4 nitrogen and oxygen atoms in total. The van der Waals surface area contributed by atoms with Crippen molar-refractivity contribution in [3.63, 3.8) is 0 Å². The minimum absolute atomic E-state index is 0.0662. The van der Waals surface area contributed by atoms with Crippen LogP contribution in [-0.2, 0) is 4.79 Å². The maximum absolute atomic E-state index is 12.4. The molecule has 0 radical (unpaired) electrons. The Labute approximate surface area is 104 Å². The number of aryl methyl sites for hydroxylation is 1. The second kappa shape index (κ2) is 3.84. The zero-order valence-corrected chi connectivity index (χ0v) is 10.4. The van der Waals surface area contributed by atoms with E-state index < -0.39 is 0 Å². The van der Waals surface area contributed by atoms with Gasteiger partial charge in [0.15, 0.2) is 0 Å².